The fraction of sp³-hybridized carbons (Fsp3) is 0.133. The quantitative estimate of drug-likeness (QED) is 0.189. The molecule has 0 aliphatic heterocycles. The molecule has 0 atom stereocenters. The predicted octanol–water partition coefficient (Wildman–Crippen LogP) is 12.0. The smallest absolute Gasteiger partial charge is 0.167 e. The van der Waals surface area contributed by atoms with Crippen molar-refractivity contribution in [3.05, 3.63) is 150 Å². The first-order chi connectivity index (χ1) is 23.7. The summed E-state index contributed by atoms with van der Waals surface area (Å²) in [5.74, 6) is 1.80. The van der Waals surface area contributed by atoms with Crippen LogP contribution < -0.4 is 0 Å². The number of aryl methyl sites for hydroxylation is 2. The molecule has 0 saturated carbocycles. The molecular weight excluding hydrogens is 599 g/mol. The van der Waals surface area contributed by atoms with Gasteiger partial charge < -0.3 is 4.42 Å². The van der Waals surface area contributed by atoms with Gasteiger partial charge in [0.15, 0.2) is 17.5 Å². The van der Waals surface area contributed by atoms with Gasteiger partial charge in [0.1, 0.15) is 11.2 Å². The van der Waals surface area contributed by atoms with Crippen molar-refractivity contribution >= 4 is 21.9 Å². The summed E-state index contributed by atoms with van der Waals surface area (Å²) in [6, 6.07) is 46.7. The Kier molecular flexibility index (Phi) is 7.45. The maximum Gasteiger partial charge on any atom is 0.167 e. The Morgan fingerprint density at radius 1 is 0.449 bits per heavy atom. The van der Waals surface area contributed by atoms with E-state index in [2.05, 4.69) is 138 Å². The first kappa shape index (κ1) is 30.5. The van der Waals surface area contributed by atoms with Crippen LogP contribution in [0.25, 0.3) is 78.4 Å². The molecule has 0 saturated heterocycles. The number of furan rings is 1. The molecule has 0 amide bonds. The molecular formula is C45H37N3O. The second-order valence-electron chi connectivity index (χ2n) is 13.9. The second-order valence-corrected chi connectivity index (χ2v) is 13.9. The molecule has 0 fully saturated rings. The molecule has 2 heterocycles. The SMILES string of the molecule is Cc1cc(C)cc(-c2ccc(-c3nc(-c4ccc(-c5ccc(C(C)(C)C)cc5)cc4)nc(-c4cccc5c4oc4ccccc45)n3)cc2)c1. The topological polar surface area (TPSA) is 51.8 Å². The highest BCUT2D eigenvalue weighted by Crippen LogP contribution is 2.36. The minimum Gasteiger partial charge on any atom is -0.455 e. The molecule has 6 aromatic carbocycles. The molecule has 0 spiro atoms. The molecule has 238 valence electrons. The van der Waals surface area contributed by atoms with Gasteiger partial charge in [-0.1, -0.05) is 153 Å². The van der Waals surface area contributed by atoms with Gasteiger partial charge in [-0.3, -0.25) is 0 Å². The Labute approximate surface area is 287 Å². The van der Waals surface area contributed by atoms with Crippen LogP contribution in [-0.4, -0.2) is 15.0 Å². The Bertz CT molecular complexity index is 2450. The van der Waals surface area contributed by atoms with Crippen molar-refractivity contribution in [2.45, 2.75) is 40.0 Å². The van der Waals surface area contributed by atoms with E-state index < -0.39 is 0 Å². The molecule has 8 aromatic rings. The standard InChI is InChI=1S/C45H37N3O/c1-28-25-29(2)27-35(26-28)32-15-19-34(20-16-32)43-46-42(33-17-13-30(14-18-33)31-21-23-36(24-22-31)45(3,4)5)47-44(48-43)39-11-8-10-38-37-9-6-7-12-40(37)49-41(38)39/h6-27H,1-5H3. The normalized spacial score (nSPS) is 11.8. The molecule has 4 heteroatoms. The maximum atomic E-state index is 6.41. The van der Waals surface area contributed by atoms with Gasteiger partial charge in [-0.05, 0) is 59.2 Å². The molecule has 0 aliphatic carbocycles. The van der Waals surface area contributed by atoms with Crippen LogP contribution >= 0.6 is 0 Å². The predicted molar refractivity (Wildman–Crippen MR) is 202 cm³/mol. The van der Waals surface area contributed by atoms with Crippen LogP contribution in [-0.2, 0) is 5.41 Å². The number of benzene rings is 6. The first-order valence-electron chi connectivity index (χ1n) is 16.8. The zero-order chi connectivity index (χ0) is 33.7. The van der Waals surface area contributed by atoms with Gasteiger partial charge in [0.2, 0.25) is 0 Å². The summed E-state index contributed by atoms with van der Waals surface area (Å²) < 4.78 is 6.41. The zero-order valence-corrected chi connectivity index (χ0v) is 28.5. The highest BCUT2D eigenvalue weighted by molar-refractivity contribution is 6.09. The molecule has 0 bridgehead atoms. The second kappa shape index (κ2) is 12.0. The third-order valence-electron chi connectivity index (χ3n) is 9.21. The van der Waals surface area contributed by atoms with Gasteiger partial charge in [0.05, 0.1) is 5.56 Å². The minimum absolute atomic E-state index is 0.114. The van der Waals surface area contributed by atoms with E-state index in [-0.39, 0.29) is 5.41 Å². The molecule has 0 unspecified atom stereocenters. The van der Waals surface area contributed by atoms with Crippen molar-refractivity contribution in [3.8, 4) is 56.4 Å². The Hall–Kier alpha value is -5.87. The summed E-state index contributed by atoms with van der Waals surface area (Å²) >= 11 is 0. The molecule has 0 aliphatic rings. The van der Waals surface area contributed by atoms with Crippen LogP contribution in [0.5, 0.6) is 0 Å². The number of hydrogen-bond donors (Lipinski definition) is 0. The summed E-state index contributed by atoms with van der Waals surface area (Å²) in [6.45, 7) is 11.0. The van der Waals surface area contributed by atoms with Crippen molar-refractivity contribution in [2.75, 3.05) is 0 Å². The fourth-order valence-electron chi connectivity index (χ4n) is 6.61. The number of hydrogen-bond acceptors (Lipinski definition) is 4. The van der Waals surface area contributed by atoms with E-state index in [1.807, 2.05) is 30.3 Å². The van der Waals surface area contributed by atoms with Crippen molar-refractivity contribution in [2.24, 2.45) is 0 Å². The zero-order valence-electron chi connectivity index (χ0n) is 28.5. The van der Waals surface area contributed by atoms with E-state index in [4.69, 9.17) is 19.4 Å². The average Bonchev–Trinajstić information content (AvgIpc) is 3.50. The molecule has 0 radical (unpaired) electrons. The largest absolute Gasteiger partial charge is 0.455 e. The van der Waals surface area contributed by atoms with Gasteiger partial charge in [-0.15, -0.1) is 0 Å². The van der Waals surface area contributed by atoms with Crippen LogP contribution in [0.15, 0.2) is 138 Å². The highest BCUT2D eigenvalue weighted by Gasteiger charge is 2.18. The van der Waals surface area contributed by atoms with Crippen LogP contribution in [0.2, 0.25) is 0 Å². The Morgan fingerprint density at radius 2 is 0.939 bits per heavy atom. The lowest BCUT2D eigenvalue weighted by Crippen LogP contribution is -2.10. The molecule has 8 rings (SSSR count). The van der Waals surface area contributed by atoms with E-state index in [9.17, 15) is 0 Å². The summed E-state index contributed by atoms with van der Waals surface area (Å²) in [4.78, 5) is 15.2. The van der Waals surface area contributed by atoms with Gasteiger partial charge in [0, 0.05) is 21.9 Å². The lowest BCUT2D eigenvalue weighted by Gasteiger charge is -2.19. The summed E-state index contributed by atoms with van der Waals surface area (Å²) in [7, 11) is 0. The fourth-order valence-corrected chi connectivity index (χ4v) is 6.61. The lowest BCUT2D eigenvalue weighted by molar-refractivity contribution is 0.590. The van der Waals surface area contributed by atoms with Gasteiger partial charge in [-0.25, -0.2) is 15.0 Å². The summed E-state index contributed by atoms with van der Waals surface area (Å²) in [5, 5.41) is 2.11. The molecule has 49 heavy (non-hydrogen) atoms. The minimum atomic E-state index is 0.114. The van der Waals surface area contributed by atoms with E-state index in [1.165, 1.54) is 27.8 Å². The first-order valence-corrected chi connectivity index (χ1v) is 16.8. The Morgan fingerprint density at radius 3 is 1.53 bits per heavy atom. The van der Waals surface area contributed by atoms with Crippen molar-refractivity contribution in [1.29, 1.82) is 0 Å². The van der Waals surface area contributed by atoms with Crippen LogP contribution in [0.4, 0.5) is 0 Å². The number of para-hydroxylation sites is 2. The molecule has 0 N–H and O–H groups in total. The van der Waals surface area contributed by atoms with Gasteiger partial charge in [0.25, 0.3) is 0 Å². The van der Waals surface area contributed by atoms with Gasteiger partial charge >= 0.3 is 0 Å². The van der Waals surface area contributed by atoms with Crippen LogP contribution in [0.3, 0.4) is 0 Å². The average molecular weight is 636 g/mol. The number of nitrogens with zero attached hydrogens (tertiary/aromatic N) is 3. The van der Waals surface area contributed by atoms with Crippen LogP contribution in [0.1, 0.15) is 37.5 Å². The highest BCUT2D eigenvalue weighted by atomic mass is 16.3. The summed E-state index contributed by atoms with van der Waals surface area (Å²) in [5.41, 5.74) is 12.9. The third kappa shape index (κ3) is 5.91. The number of rotatable bonds is 5. The number of fused-ring (bicyclic) bond motifs is 3. The Balaban J connectivity index is 1.23. The van der Waals surface area contributed by atoms with E-state index >= 15 is 0 Å². The lowest BCUT2D eigenvalue weighted by atomic mass is 9.86. The maximum absolute atomic E-state index is 6.41. The van der Waals surface area contributed by atoms with E-state index in [0.717, 1.165) is 49.8 Å². The third-order valence-corrected chi connectivity index (χ3v) is 9.21. The molecule has 2 aromatic heterocycles. The van der Waals surface area contributed by atoms with Crippen molar-refractivity contribution in [1.82, 2.24) is 15.0 Å². The molecule has 4 nitrogen and oxygen atoms in total. The van der Waals surface area contributed by atoms with Crippen LogP contribution in [0, 0.1) is 13.8 Å². The van der Waals surface area contributed by atoms with E-state index in [1.54, 1.807) is 0 Å². The van der Waals surface area contributed by atoms with Crippen molar-refractivity contribution < 1.29 is 4.42 Å². The van der Waals surface area contributed by atoms with Gasteiger partial charge in [-0.2, -0.15) is 0 Å². The summed E-state index contributed by atoms with van der Waals surface area (Å²) in [6.07, 6.45) is 0. The number of aromatic nitrogens is 3. The van der Waals surface area contributed by atoms with E-state index in [0.29, 0.717) is 17.5 Å². The monoisotopic (exact) mass is 635 g/mol. The van der Waals surface area contributed by atoms with Crippen molar-refractivity contribution in [3.63, 3.8) is 0 Å².